The fourth-order valence-corrected chi connectivity index (χ4v) is 2.30. The van der Waals surface area contributed by atoms with Gasteiger partial charge >= 0.3 is 0 Å². The molecule has 0 radical (unpaired) electrons. The summed E-state index contributed by atoms with van der Waals surface area (Å²) in [5.74, 6) is 2.19. The van der Waals surface area contributed by atoms with Crippen molar-refractivity contribution in [3.63, 3.8) is 0 Å². The van der Waals surface area contributed by atoms with Gasteiger partial charge in [-0.25, -0.2) is 0 Å². The third-order valence-corrected chi connectivity index (χ3v) is 3.39. The van der Waals surface area contributed by atoms with E-state index in [2.05, 4.69) is 56.1 Å². The molecule has 1 aromatic carbocycles. The number of hydrogen-bond donors (Lipinski definition) is 0. The zero-order valence-corrected chi connectivity index (χ0v) is 13.9. The number of rotatable bonds is 8. The summed E-state index contributed by atoms with van der Waals surface area (Å²) >= 11 is 3.08. The summed E-state index contributed by atoms with van der Waals surface area (Å²) in [4.78, 5) is 0. The zero-order chi connectivity index (χ0) is 14.3. The summed E-state index contributed by atoms with van der Waals surface area (Å²) in [5.41, 5.74) is 1.36. The van der Waals surface area contributed by atoms with Crippen molar-refractivity contribution in [2.45, 2.75) is 46.6 Å². The molecule has 1 atom stereocenters. The molecular weight excluding hydrogens is 304 g/mol. The number of benzene rings is 1. The van der Waals surface area contributed by atoms with E-state index in [1.54, 1.807) is 0 Å². The average molecular weight is 329 g/mol. The Balaban J connectivity index is 2.44. The molecule has 0 amide bonds. The average Bonchev–Trinajstić information content (AvgIpc) is 2.35. The minimum atomic E-state index is 0.0929. The zero-order valence-electron chi connectivity index (χ0n) is 12.4. The maximum absolute atomic E-state index is 5.76. The molecule has 2 nitrogen and oxygen atoms in total. The van der Waals surface area contributed by atoms with E-state index in [9.17, 15) is 0 Å². The van der Waals surface area contributed by atoms with Gasteiger partial charge in [0.15, 0.2) is 0 Å². The van der Waals surface area contributed by atoms with Crippen LogP contribution in [0, 0.1) is 11.8 Å². The molecule has 0 N–H and O–H groups in total. The molecule has 19 heavy (non-hydrogen) atoms. The Kier molecular flexibility index (Phi) is 7.47. The molecule has 1 unspecified atom stereocenters. The maximum atomic E-state index is 5.76. The van der Waals surface area contributed by atoms with E-state index in [0.717, 1.165) is 18.6 Å². The van der Waals surface area contributed by atoms with Crippen LogP contribution < -0.4 is 4.74 Å². The third-order valence-electron chi connectivity index (χ3n) is 2.86. The summed E-state index contributed by atoms with van der Waals surface area (Å²) in [6.07, 6.45) is 2.19. The van der Waals surface area contributed by atoms with Crippen LogP contribution in [0.4, 0.5) is 0 Å². The molecule has 0 saturated heterocycles. The second-order valence-electron chi connectivity index (χ2n) is 5.89. The van der Waals surface area contributed by atoms with E-state index in [-0.39, 0.29) is 6.10 Å². The molecule has 0 aliphatic rings. The van der Waals surface area contributed by atoms with E-state index in [4.69, 9.17) is 8.57 Å². The molecule has 3 heteroatoms. The van der Waals surface area contributed by atoms with Crippen molar-refractivity contribution >= 4 is 16.3 Å². The van der Waals surface area contributed by atoms with Crippen molar-refractivity contribution in [1.29, 1.82) is 0 Å². The van der Waals surface area contributed by atoms with Gasteiger partial charge in [0.2, 0.25) is 0 Å². The van der Waals surface area contributed by atoms with E-state index in [1.165, 1.54) is 5.56 Å². The van der Waals surface area contributed by atoms with Crippen LogP contribution >= 0.6 is 16.3 Å². The second kappa shape index (κ2) is 8.60. The first kappa shape index (κ1) is 16.5. The smallest absolute Gasteiger partial charge is 0.119 e. The van der Waals surface area contributed by atoms with Crippen molar-refractivity contribution in [3.05, 3.63) is 29.8 Å². The Hall–Kier alpha value is -0.540. The molecule has 0 saturated carbocycles. The summed E-state index contributed by atoms with van der Waals surface area (Å²) < 4.78 is 11.0. The lowest BCUT2D eigenvalue weighted by atomic mass is 10.0. The summed E-state index contributed by atoms with van der Waals surface area (Å²) in [6.45, 7) is 9.40. The Labute approximate surface area is 126 Å². The van der Waals surface area contributed by atoms with Gasteiger partial charge < -0.3 is 8.57 Å². The first-order chi connectivity index (χ1) is 9.01. The van der Waals surface area contributed by atoms with Crippen molar-refractivity contribution in [2.24, 2.45) is 11.8 Å². The van der Waals surface area contributed by atoms with Crippen LogP contribution in [-0.4, -0.2) is 12.7 Å². The Morgan fingerprint density at radius 1 is 1.00 bits per heavy atom. The summed E-state index contributed by atoms with van der Waals surface area (Å²) in [6, 6.07) is 8.36. The molecule has 1 aromatic rings. The van der Waals surface area contributed by atoms with Crippen molar-refractivity contribution in [2.75, 3.05) is 6.61 Å². The minimum absolute atomic E-state index is 0.0929. The molecular formula is C16H25BrO2. The van der Waals surface area contributed by atoms with Gasteiger partial charge in [-0.3, -0.25) is 0 Å². The van der Waals surface area contributed by atoms with Crippen LogP contribution in [0.2, 0.25) is 0 Å². The van der Waals surface area contributed by atoms with Crippen LogP contribution in [0.3, 0.4) is 0 Å². The highest BCUT2D eigenvalue weighted by atomic mass is 79.9. The van der Waals surface area contributed by atoms with E-state index in [0.29, 0.717) is 18.4 Å². The quantitative estimate of drug-likeness (QED) is 0.668. The Morgan fingerprint density at radius 3 is 2.11 bits per heavy atom. The Bertz CT molecular complexity index is 346. The number of ether oxygens (including phenoxy) is 1. The van der Waals surface area contributed by atoms with Crippen molar-refractivity contribution < 1.29 is 8.57 Å². The highest BCUT2D eigenvalue weighted by Crippen LogP contribution is 2.17. The molecule has 0 heterocycles. The van der Waals surface area contributed by atoms with Gasteiger partial charge in [0.1, 0.15) is 18.5 Å². The topological polar surface area (TPSA) is 18.5 Å². The number of halogens is 1. The highest BCUT2D eigenvalue weighted by molar-refractivity contribution is 9.06. The predicted molar refractivity (Wildman–Crippen MR) is 83.7 cm³/mol. The van der Waals surface area contributed by atoms with Crippen molar-refractivity contribution in [3.8, 4) is 5.75 Å². The van der Waals surface area contributed by atoms with E-state index >= 15 is 0 Å². The lowest BCUT2D eigenvalue weighted by Crippen LogP contribution is -2.20. The highest BCUT2D eigenvalue weighted by Gasteiger charge is 2.11. The molecule has 1 rings (SSSR count). The molecule has 0 fully saturated rings. The van der Waals surface area contributed by atoms with Crippen LogP contribution in [0.25, 0.3) is 0 Å². The first-order valence-electron chi connectivity index (χ1n) is 7.00. The monoisotopic (exact) mass is 328 g/mol. The standard InChI is InChI=1S/C16H25BrO2/c1-12(2)9-14-5-7-15(8-6-14)18-11-16(19-17)10-13(3)4/h5-8,12-13,16H,9-11H2,1-4H3. The van der Waals surface area contributed by atoms with Gasteiger partial charge in [-0.05, 0) is 42.4 Å². The molecule has 0 aliphatic carbocycles. The largest absolute Gasteiger partial charge is 0.491 e. The minimum Gasteiger partial charge on any atom is -0.491 e. The van der Waals surface area contributed by atoms with Crippen LogP contribution in [0.1, 0.15) is 39.7 Å². The second-order valence-corrected chi connectivity index (χ2v) is 6.27. The SMILES string of the molecule is CC(C)Cc1ccc(OCC(CC(C)C)OBr)cc1. The fraction of sp³-hybridized carbons (Fsp3) is 0.625. The predicted octanol–water partition coefficient (Wildman–Crippen LogP) is 5.01. The van der Waals surface area contributed by atoms with E-state index < -0.39 is 0 Å². The van der Waals surface area contributed by atoms with Crippen molar-refractivity contribution in [1.82, 2.24) is 0 Å². The first-order valence-corrected chi connectivity index (χ1v) is 7.65. The summed E-state index contributed by atoms with van der Waals surface area (Å²) in [7, 11) is 0. The molecule has 0 aromatic heterocycles. The Morgan fingerprint density at radius 2 is 1.63 bits per heavy atom. The van der Waals surface area contributed by atoms with Gasteiger partial charge in [0, 0.05) is 0 Å². The van der Waals surface area contributed by atoms with Crippen LogP contribution in [0.5, 0.6) is 5.75 Å². The third kappa shape index (κ3) is 6.98. The van der Waals surface area contributed by atoms with Crippen LogP contribution in [-0.2, 0) is 10.2 Å². The summed E-state index contributed by atoms with van der Waals surface area (Å²) in [5, 5.41) is 0. The van der Waals surface area contributed by atoms with Gasteiger partial charge in [-0.1, -0.05) is 39.8 Å². The normalized spacial score (nSPS) is 13.0. The van der Waals surface area contributed by atoms with Crippen LogP contribution in [0.15, 0.2) is 24.3 Å². The van der Waals surface area contributed by atoms with Gasteiger partial charge in [-0.2, -0.15) is 0 Å². The van der Waals surface area contributed by atoms with E-state index in [1.807, 2.05) is 12.1 Å². The molecule has 0 spiro atoms. The molecule has 0 bridgehead atoms. The molecule has 108 valence electrons. The maximum Gasteiger partial charge on any atom is 0.119 e. The fourth-order valence-electron chi connectivity index (χ4n) is 2.04. The lowest BCUT2D eigenvalue weighted by Gasteiger charge is -2.17. The van der Waals surface area contributed by atoms with Gasteiger partial charge in [-0.15, -0.1) is 0 Å². The lowest BCUT2D eigenvalue weighted by molar-refractivity contribution is 0.139. The van der Waals surface area contributed by atoms with Gasteiger partial charge in [0.05, 0.1) is 16.3 Å². The van der Waals surface area contributed by atoms with Gasteiger partial charge in [0.25, 0.3) is 0 Å². The number of hydrogen-bond acceptors (Lipinski definition) is 2. The molecule has 0 aliphatic heterocycles.